The number of pyridine rings is 1. The van der Waals surface area contributed by atoms with E-state index in [2.05, 4.69) is 4.98 Å². The number of aromatic nitrogens is 1. The number of carbonyl (C=O) groups is 4. The maximum atomic E-state index is 13.2. The zero-order chi connectivity index (χ0) is 28.7. The van der Waals surface area contributed by atoms with E-state index in [0.29, 0.717) is 45.7 Å². The summed E-state index contributed by atoms with van der Waals surface area (Å²) in [6.07, 6.45) is 5.00. The van der Waals surface area contributed by atoms with Gasteiger partial charge in [-0.15, -0.1) is 0 Å². The molecule has 0 saturated carbocycles. The summed E-state index contributed by atoms with van der Waals surface area (Å²) in [7, 11) is 0. The molecule has 2 amide bonds. The zero-order valence-electron chi connectivity index (χ0n) is 21.6. The van der Waals surface area contributed by atoms with E-state index in [4.69, 9.17) is 16.3 Å². The summed E-state index contributed by atoms with van der Waals surface area (Å²) in [5, 5.41) is 10.7. The van der Waals surface area contributed by atoms with E-state index in [9.17, 15) is 24.3 Å². The van der Waals surface area contributed by atoms with Crippen molar-refractivity contribution in [2.24, 2.45) is 11.8 Å². The van der Waals surface area contributed by atoms with Crippen molar-refractivity contribution < 1.29 is 29.0 Å². The molecule has 2 unspecified atom stereocenters. The Morgan fingerprint density at radius 2 is 1.59 bits per heavy atom. The summed E-state index contributed by atoms with van der Waals surface area (Å²) in [4.78, 5) is 57.6. The molecule has 1 saturated heterocycles. The predicted molar refractivity (Wildman–Crippen MR) is 153 cm³/mol. The van der Waals surface area contributed by atoms with Crippen LogP contribution in [0.15, 0.2) is 84.9 Å². The van der Waals surface area contributed by atoms with Crippen LogP contribution in [-0.4, -0.2) is 40.3 Å². The first kappa shape index (κ1) is 26.4. The Balaban J connectivity index is 1.29. The first-order valence-electron chi connectivity index (χ1n) is 13.0. The highest BCUT2D eigenvalue weighted by atomic mass is 35.5. The Hall–Kier alpha value is -4.82. The molecule has 1 aliphatic carbocycles. The smallest absolute Gasteiger partial charge is 0.339 e. The van der Waals surface area contributed by atoms with Crippen LogP contribution < -0.4 is 4.90 Å². The van der Waals surface area contributed by atoms with E-state index in [1.165, 1.54) is 17.0 Å². The van der Waals surface area contributed by atoms with Crippen LogP contribution in [0.2, 0.25) is 5.02 Å². The molecule has 1 aliphatic heterocycles. The number of aromatic hydroxyl groups is 1. The number of Topliss-reactive ketones (excluding diaryl/α,β-unsaturated/α-hetero) is 1. The number of para-hydroxylation sites is 2. The summed E-state index contributed by atoms with van der Waals surface area (Å²) in [6.45, 7) is -0.569. The fourth-order valence-corrected chi connectivity index (χ4v) is 5.58. The molecule has 8 nitrogen and oxygen atoms in total. The second-order valence-electron chi connectivity index (χ2n) is 9.92. The summed E-state index contributed by atoms with van der Waals surface area (Å²) in [5.41, 5.74) is 2.08. The lowest BCUT2D eigenvalue weighted by Gasteiger charge is -2.16. The Kier molecular flexibility index (Phi) is 6.85. The Morgan fingerprint density at radius 1 is 0.902 bits per heavy atom. The highest BCUT2D eigenvalue weighted by Gasteiger charge is 2.47. The van der Waals surface area contributed by atoms with Gasteiger partial charge in [-0.25, -0.2) is 9.78 Å². The fraction of sp³-hybridized carbons (Fsp3) is 0.156. The highest BCUT2D eigenvalue weighted by Crippen LogP contribution is 2.38. The normalized spacial score (nSPS) is 18.0. The zero-order valence-corrected chi connectivity index (χ0v) is 22.4. The Bertz CT molecular complexity index is 1740. The molecule has 2 aliphatic rings. The van der Waals surface area contributed by atoms with Crippen molar-refractivity contribution in [3.63, 3.8) is 0 Å². The monoisotopic (exact) mass is 566 g/mol. The molecule has 0 bridgehead atoms. The van der Waals surface area contributed by atoms with E-state index in [-0.39, 0.29) is 40.5 Å². The van der Waals surface area contributed by atoms with Crippen LogP contribution in [0.25, 0.3) is 22.2 Å². The van der Waals surface area contributed by atoms with Crippen LogP contribution in [0, 0.1) is 11.8 Å². The van der Waals surface area contributed by atoms with Crippen molar-refractivity contribution in [1.82, 2.24) is 4.98 Å². The lowest BCUT2D eigenvalue weighted by atomic mass is 9.85. The molecule has 1 aromatic heterocycles. The number of imide groups is 1. The summed E-state index contributed by atoms with van der Waals surface area (Å²) in [5.74, 6) is -2.57. The lowest BCUT2D eigenvalue weighted by molar-refractivity contribution is -0.122. The van der Waals surface area contributed by atoms with Gasteiger partial charge in [0, 0.05) is 10.9 Å². The van der Waals surface area contributed by atoms with Crippen LogP contribution in [0.3, 0.4) is 0 Å². The fourth-order valence-electron chi connectivity index (χ4n) is 5.36. The number of benzene rings is 3. The van der Waals surface area contributed by atoms with Gasteiger partial charge < -0.3 is 9.84 Å². The largest absolute Gasteiger partial charge is 0.507 e. The summed E-state index contributed by atoms with van der Waals surface area (Å²) < 4.78 is 5.34. The first-order valence-corrected chi connectivity index (χ1v) is 13.4. The number of ether oxygens (including phenoxy) is 1. The number of carbonyl (C=O) groups excluding carboxylic acids is 4. The number of amides is 2. The van der Waals surface area contributed by atoms with Crippen LogP contribution in [0.1, 0.15) is 33.6 Å². The van der Waals surface area contributed by atoms with Crippen molar-refractivity contribution >= 4 is 51.8 Å². The van der Waals surface area contributed by atoms with Gasteiger partial charge in [0.25, 0.3) is 0 Å². The molecule has 1 N–H and O–H groups in total. The maximum Gasteiger partial charge on any atom is 0.339 e. The average molecular weight is 567 g/mol. The van der Waals surface area contributed by atoms with Gasteiger partial charge in [0.2, 0.25) is 17.6 Å². The van der Waals surface area contributed by atoms with E-state index < -0.39 is 18.4 Å². The number of phenols is 1. The van der Waals surface area contributed by atoms with E-state index in [1.54, 1.807) is 60.7 Å². The number of ketones is 1. The quantitative estimate of drug-likeness (QED) is 0.137. The summed E-state index contributed by atoms with van der Waals surface area (Å²) in [6, 6.07) is 19.4. The van der Waals surface area contributed by atoms with Gasteiger partial charge in [0.05, 0.1) is 44.9 Å². The average Bonchev–Trinajstić information content (AvgIpc) is 3.25. The minimum absolute atomic E-state index is 0.0502. The van der Waals surface area contributed by atoms with Crippen molar-refractivity contribution in [1.29, 1.82) is 0 Å². The molecule has 4 aromatic rings. The molecular weight excluding hydrogens is 544 g/mol. The number of allylic oxidation sites excluding steroid dienone is 2. The van der Waals surface area contributed by atoms with E-state index in [1.807, 2.05) is 12.2 Å². The predicted octanol–water partition coefficient (Wildman–Crippen LogP) is 5.76. The van der Waals surface area contributed by atoms with Crippen molar-refractivity contribution in [2.45, 2.75) is 12.8 Å². The molecule has 204 valence electrons. The molecule has 0 radical (unpaired) electrons. The van der Waals surface area contributed by atoms with Crippen LogP contribution in [-0.2, 0) is 14.3 Å². The third-order valence-corrected chi connectivity index (χ3v) is 7.78. The minimum Gasteiger partial charge on any atom is -0.507 e. The molecule has 6 rings (SSSR count). The molecule has 2 atom stereocenters. The second-order valence-corrected chi connectivity index (χ2v) is 10.3. The number of nitrogens with zero attached hydrogens (tertiary/aromatic N) is 2. The van der Waals surface area contributed by atoms with Crippen molar-refractivity contribution in [3.05, 3.63) is 101 Å². The minimum atomic E-state index is -0.759. The standard InChI is InChI=1S/C32H23ClN2O6/c33-25-10-5-9-20-24(32(40)41-17-28(37)23-8-3-4-11-27(23)36)16-26(34-29(20)25)18-12-14-19(15-13-18)35-30(38)21-6-1-2-7-22(21)31(35)39/h1-5,8-16,21-22,36H,6-7,17H2. The number of hydrogen-bond acceptors (Lipinski definition) is 7. The SMILES string of the molecule is O=C(COC(=O)c1cc(-c2ccc(N3C(=O)C4CC=CCC4C3=O)cc2)nc2c(Cl)cccc12)c1ccccc1O. The topological polar surface area (TPSA) is 114 Å². The maximum absolute atomic E-state index is 13.2. The third kappa shape index (κ3) is 4.76. The lowest BCUT2D eigenvalue weighted by Crippen LogP contribution is -2.30. The number of halogens is 1. The van der Waals surface area contributed by atoms with Gasteiger partial charge in [-0.05, 0) is 49.2 Å². The molecule has 2 heterocycles. The molecule has 9 heteroatoms. The van der Waals surface area contributed by atoms with Gasteiger partial charge in [0.15, 0.2) is 6.61 Å². The number of phenolic OH excluding ortho intramolecular Hbond substituents is 1. The van der Waals surface area contributed by atoms with Crippen molar-refractivity contribution in [3.8, 4) is 17.0 Å². The van der Waals surface area contributed by atoms with E-state index >= 15 is 0 Å². The van der Waals surface area contributed by atoms with Crippen LogP contribution >= 0.6 is 11.6 Å². The molecular formula is C32H23ClN2O6. The van der Waals surface area contributed by atoms with Gasteiger partial charge in [-0.3, -0.25) is 19.3 Å². The molecule has 41 heavy (non-hydrogen) atoms. The summed E-state index contributed by atoms with van der Waals surface area (Å²) >= 11 is 6.44. The van der Waals surface area contributed by atoms with Gasteiger partial charge in [-0.2, -0.15) is 0 Å². The number of hydrogen-bond donors (Lipinski definition) is 1. The van der Waals surface area contributed by atoms with Crippen LogP contribution in [0.4, 0.5) is 5.69 Å². The van der Waals surface area contributed by atoms with Crippen LogP contribution in [0.5, 0.6) is 5.75 Å². The molecule has 0 spiro atoms. The van der Waals surface area contributed by atoms with Gasteiger partial charge in [0.1, 0.15) is 5.75 Å². The number of esters is 1. The number of rotatable bonds is 6. The molecule has 1 fully saturated rings. The van der Waals surface area contributed by atoms with Crippen molar-refractivity contribution in [2.75, 3.05) is 11.5 Å². The number of anilines is 1. The third-order valence-electron chi connectivity index (χ3n) is 7.48. The second kappa shape index (κ2) is 10.6. The number of fused-ring (bicyclic) bond motifs is 2. The highest BCUT2D eigenvalue weighted by molar-refractivity contribution is 6.35. The first-order chi connectivity index (χ1) is 19.8. The van der Waals surface area contributed by atoms with E-state index in [0.717, 1.165) is 0 Å². The Labute approximate surface area is 239 Å². The Morgan fingerprint density at radius 3 is 2.27 bits per heavy atom. The van der Waals surface area contributed by atoms with Gasteiger partial charge >= 0.3 is 5.97 Å². The van der Waals surface area contributed by atoms with Gasteiger partial charge in [-0.1, -0.05) is 60.2 Å². The molecule has 3 aromatic carbocycles.